The lowest BCUT2D eigenvalue weighted by Gasteiger charge is -2.32. The predicted octanol–water partition coefficient (Wildman–Crippen LogP) is 1.78. The number of hydrogen-bond acceptors (Lipinski definition) is 3. The van der Waals surface area contributed by atoms with Crippen LogP contribution in [0.2, 0.25) is 0 Å². The molecule has 3 heteroatoms. The van der Waals surface area contributed by atoms with Crippen molar-refractivity contribution in [1.82, 2.24) is 9.80 Å². The highest BCUT2D eigenvalue weighted by Crippen LogP contribution is 2.07. The molecule has 0 aromatic heterocycles. The highest BCUT2D eigenvalue weighted by atomic mass is 15.2. The highest BCUT2D eigenvalue weighted by Gasteiger charge is 2.14. The Balaban J connectivity index is 4.10. The van der Waals surface area contributed by atoms with Crippen LogP contribution in [0.3, 0.4) is 0 Å². The topological polar surface area (TPSA) is 32.5 Å². The Labute approximate surface area is 102 Å². The van der Waals surface area contributed by atoms with Gasteiger partial charge in [0.1, 0.15) is 0 Å². The van der Waals surface area contributed by atoms with Gasteiger partial charge >= 0.3 is 0 Å². The smallest absolute Gasteiger partial charge is 0.0113 e. The van der Waals surface area contributed by atoms with E-state index in [0.717, 1.165) is 32.7 Å². The van der Waals surface area contributed by atoms with Crippen molar-refractivity contribution in [2.45, 2.75) is 46.6 Å². The molecule has 0 heterocycles. The molecule has 0 saturated heterocycles. The van der Waals surface area contributed by atoms with Crippen molar-refractivity contribution in [3.63, 3.8) is 0 Å². The molecule has 2 N–H and O–H groups in total. The molecule has 0 aromatic carbocycles. The molecule has 0 saturated carbocycles. The Morgan fingerprint density at radius 2 is 1.44 bits per heavy atom. The summed E-state index contributed by atoms with van der Waals surface area (Å²) < 4.78 is 0. The van der Waals surface area contributed by atoms with Gasteiger partial charge in [-0.3, -0.25) is 4.90 Å². The third-order valence-electron chi connectivity index (χ3n) is 3.47. The second-order valence-corrected chi connectivity index (χ2v) is 4.32. The highest BCUT2D eigenvalue weighted by molar-refractivity contribution is 4.71. The third-order valence-corrected chi connectivity index (χ3v) is 3.47. The van der Waals surface area contributed by atoms with E-state index in [4.69, 9.17) is 5.73 Å². The SMILES string of the molecule is CCC(CC)N(CCN)CCN(CC)CC. The largest absolute Gasteiger partial charge is 0.329 e. The first-order valence-electron chi connectivity index (χ1n) is 6.89. The van der Waals surface area contributed by atoms with E-state index in [-0.39, 0.29) is 0 Å². The first kappa shape index (κ1) is 15.9. The van der Waals surface area contributed by atoms with E-state index in [0.29, 0.717) is 6.04 Å². The van der Waals surface area contributed by atoms with Crippen LogP contribution in [0, 0.1) is 0 Å². The molecule has 3 nitrogen and oxygen atoms in total. The second-order valence-electron chi connectivity index (χ2n) is 4.32. The summed E-state index contributed by atoms with van der Waals surface area (Å²) in [7, 11) is 0. The van der Waals surface area contributed by atoms with Gasteiger partial charge in [0.15, 0.2) is 0 Å². The van der Waals surface area contributed by atoms with Crippen molar-refractivity contribution in [1.29, 1.82) is 0 Å². The van der Waals surface area contributed by atoms with Crippen molar-refractivity contribution >= 4 is 0 Å². The average molecular weight is 229 g/mol. The van der Waals surface area contributed by atoms with Gasteiger partial charge in [0.2, 0.25) is 0 Å². The number of nitrogens with zero attached hydrogens (tertiary/aromatic N) is 2. The lowest BCUT2D eigenvalue weighted by molar-refractivity contribution is 0.161. The van der Waals surface area contributed by atoms with Crippen LogP contribution in [-0.4, -0.2) is 55.1 Å². The van der Waals surface area contributed by atoms with Crippen LogP contribution in [0.1, 0.15) is 40.5 Å². The van der Waals surface area contributed by atoms with E-state index in [2.05, 4.69) is 37.5 Å². The molecule has 0 spiro atoms. The number of nitrogens with two attached hydrogens (primary N) is 1. The van der Waals surface area contributed by atoms with Gasteiger partial charge in [0.25, 0.3) is 0 Å². The third kappa shape index (κ3) is 5.83. The van der Waals surface area contributed by atoms with E-state index < -0.39 is 0 Å². The summed E-state index contributed by atoms with van der Waals surface area (Å²) in [5.74, 6) is 0. The molecule has 16 heavy (non-hydrogen) atoms. The van der Waals surface area contributed by atoms with Gasteiger partial charge in [0.05, 0.1) is 0 Å². The minimum atomic E-state index is 0.708. The maximum atomic E-state index is 5.69. The average Bonchev–Trinajstić information content (AvgIpc) is 2.31. The zero-order chi connectivity index (χ0) is 12.4. The van der Waals surface area contributed by atoms with Crippen molar-refractivity contribution in [2.24, 2.45) is 5.73 Å². The van der Waals surface area contributed by atoms with Crippen LogP contribution in [0.15, 0.2) is 0 Å². The van der Waals surface area contributed by atoms with E-state index in [1.54, 1.807) is 0 Å². The molecule has 0 aliphatic heterocycles. The normalized spacial score (nSPS) is 12.0. The summed E-state index contributed by atoms with van der Waals surface area (Å²) in [4.78, 5) is 5.03. The molecule has 0 atom stereocenters. The predicted molar refractivity (Wildman–Crippen MR) is 72.8 cm³/mol. The summed E-state index contributed by atoms with van der Waals surface area (Å²) in [5, 5.41) is 0. The van der Waals surface area contributed by atoms with Gasteiger partial charge < -0.3 is 10.6 Å². The maximum Gasteiger partial charge on any atom is 0.0113 e. The Kier molecular flexibility index (Phi) is 9.99. The minimum absolute atomic E-state index is 0.708. The zero-order valence-corrected chi connectivity index (χ0v) is 11.7. The Hall–Kier alpha value is -0.120. The fourth-order valence-corrected chi connectivity index (χ4v) is 2.26. The van der Waals surface area contributed by atoms with E-state index in [1.165, 1.54) is 19.4 Å². The molecule has 0 bridgehead atoms. The molecule has 0 aliphatic rings. The molecule has 0 aromatic rings. The van der Waals surface area contributed by atoms with Crippen molar-refractivity contribution in [2.75, 3.05) is 39.3 Å². The summed E-state index contributed by atoms with van der Waals surface area (Å²) >= 11 is 0. The van der Waals surface area contributed by atoms with Gasteiger partial charge in [-0.1, -0.05) is 27.7 Å². The fraction of sp³-hybridized carbons (Fsp3) is 1.00. The van der Waals surface area contributed by atoms with E-state index >= 15 is 0 Å². The molecule has 98 valence electrons. The van der Waals surface area contributed by atoms with E-state index in [1.807, 2.05) is 0 Å². The molecular formula is C13H31N3. The van der Waals surface area contributed by atoms with Crippen LogP contribution in [-0.2, 0) is 0 Å². The molecule has 0 unspecified atom stereocenters. The molecule has 0 amide bonds. The Bertz CT molecular complexity index is 142. The van der Waals surface area contributed by atoms with Crippen molar-refractivity contribution in [3.05, 3.63) is 0 Å². The van der Waals surface area contributed by atoms with Gasteiger partial charge in [-0.05, 0) is 25.9 Å². The van der Waals surface area contributed by atoms with Crippen LogP contribution in [0.4, 0.5) is 0 Å². The molecule has 0 aliphatic carbocycles. The quantitative estimate of drug-likeness (QED) is 0.620. The zero-order valence-electron chi connectivity index (χ0n) is 11.7. The minimum Gasteiger partial charge on any atom is -0.329 e. The van der Waals surface area contributed by atoms with Gasteiger partial charge in [-0.25, -0.2) is 0 Å². The van der Waals surface area contributed by atoms with Crippen LogP contribution in [0.5, 0.6) is 0 Å². The Morgan fingerprint density at radius 1 is 0.875 bits per heavy atom. The van der Waals surface area contributed by atoms with Crippen LogP contribution >= 0.6 is 0 Å². The fourth-order valence-electron chi connectivity index (χ4n) is 2.26. The van der Waals surface area contributed by atoms with Gasteiger partial charge in [-0.15, -0.1) is 0 Å². The standard InChI is InChI=1S/C13H31N3/c1-5-13(6-2)16(10-9-14)12-11-15(7-3)8-4/h13H,5-12,14H2,1-4H3. The number of hydrogen-bond donors (Lipinski definition) is 1. The first-order chi connectivity index (χ1) is 7.73. The van der Waals surface area contributed by atoms with Crippen LogP contribution < -0.4 is 5.73 Å². The molecular weight excluding hydrogens is 198 g/mol. The van der Waals surface area contributed by atoms with Crippen LogP contribution in [0.25, 0.3) is 0 Å². The number of rotatable bonds is 10. The number of likely N-dealkylation sites (N-methyl/N-ethyl adjacent to an activating group) is 1. The van der Waals surface area contributed by atoms with Crippen molar-refractivity contribution in [3.8, 4) is 0 Å². The summed E-state index contributed by atoms with van der Waals surface area (Å²) in [5.41, 5.74) is 5.69. The molecule has 0 radical (unpaired) electrons. The summed E-state index contributed by atoms with van der Waals surface area (Å²) in [6, 6.07) is 0.708. The summed E-state index contributed by atoms with van der Waals surface area (Å²) in [6.07, 6.45) is 2.46. The monoisotopic (exact) mass is 229 g/mol. The summed E-state index contributed by atoms with van der Waals surface area (Å²) in [6.45, 7) is 15.4. The van der Waals surface area contributed by atoms with Gasteiger partial charge in [-0.2, -0.15) is 0 Å². The van der Waals surface area contributed by atoms with E-state index in [9.17, 15) is 0 Å². The Morgan fingerprint density at radius 3 is 1.81 bits per heavy atom. The lowest BCUT2D eigenvalue weighted by Crippen LogP contribution is -2.43. The van der Waals surface area contributed by atoms with Gasteiger partial charge in [0, 0.05) is 32.2 Å². The molecule has 0 fully saturated rings. The second kappa shape index (κ2) is 10.1. The lowest BCUT2D eigenvalue weighted by atomic mass is 10.1. The molecule has 0 rings (SSSR count). The van der Waals surface area contributed by atoms with Crippen molar-refractivity contribution < 1.29 is 0 Å². The maximum absolute atomic E-state index is 5.69. The first-order valence-corrected chi connectivity index (χ1v) is 6.89.